The molecule has 16 aromatic heterocycles. The monoisotopic (exact) mass is 1790 g/mol. The maximum atomic E-state index is 5.42. The van der Waals surface area contributed by atoms with Gasteiger partial charge in [-0.1, -0.05) is 121 Å². The number of nitrogens with one attached hydrogen (secondary N) is 3. The van der Waals surface area contributed by atoms with E-state index in [9.17, 15) is 0 Å². The molecule has 22 aromatic rings. The molecule has 28 rings (SSSR count). The van der Waals surface area contributed by atoms with Crippen LogP contribution in [0.3, 0.4) is 0 Å². The molecule has 0 bridgehead atoms. The van der Waals surface area contributed by atoms with E-state index in [0.29, 0.717) is 5.65 Å². The van der Waals surface area contributed by atoms with Crippen molar-refractivity contribution in [3.8, 4) is 11.5 Å². The molecule has 0 radical (unpaired) electrons. The van der Waals surface area contributed by atoms with Crippen molar-refractivity contribution in [2.75, 3.05) is 36.9 Å². The highest BCUT2D eigenvalue weighted by Crippen LogP contribution is 2.27. The second-order valence-corrected chi connectivity index (χ2v) is 30.2. The van der Waals surface area contributed by atoms with Gasteiger partial charge in [0, 0.05) is 213 Å². The third-order valence-electron chi connectivity index (χ3n) is 21.1. The van der Waals surface area contributed by atoms with Gasteiger partial charge in [0.15, 0.2) is 11.3 Å². The molecular weight excluding hydrogens is 1700 g/mol. The van der Waals surface area contributed by atoms with E-state index in [1.807, 2.05) is 146 Å². The number of benzene rings is 6. The van der Waals surface area contributed by atoms with Crippen LogP contribution in [0.15, 0.2) is 405 Å². The Morgan fingerprint density at radius 3 is 1.22 bits per heavy atom. The normalized spacial score (nSPS) is 12.2. The van der Waals surface area contributed by atoms with E-state index in [2.05, 4.69) is 229 Å². The van der Waals surface area contributed by atoms with Crippen LogP contribution >= 0.6 is 0 Å². The van der Waals surface area contributed by atoms with E-state index in [1.54, 1.807) is 130 Å². The van der Waals surface area contributed by atoms with Crippen molar-refractivity contribution in [2.45, 2.75) is 64.8 Å². The second kappa shape index (κ2) is 52.4. The molecule has 0 spiro atoms. The van der Waals surface area contributed by atoms with Gasteiger partial charge in [-0.2, -0.15) is 0 Å². The number of anilines is 2. The number of hydrogen-bond donors (Lipinski definition) is 3. The Morgan fingerprint density at radius 2 is 0.618 bits per heavy atom. The topological polar surface area (TPSA) is 347 Å². The van der Waals surface area contributed by atoms with Crippen LogP contribution in [0.4, 0.5) is 11.4 Å². The molecule has 6 aliphatic rings. The molecule has 28 heteroatoms. The zero-order chi connectivity index (χ0) is 92.5. The number of para-hydroxylation sites is 4. The van der Waals surface area contributed by atoms with E-state index in [1.165, 1.54) is 112 Å². The van der Waals surface area contributed by atoms with Crippen molar-refractivity contribution in [1.82, 2.24) is 115 Å². The lowest BCUT2D eigenvalue weighted by Gasteiger charge is -2.16. The molecule has 22 heterocycles. The second-order valence-electron chi connectivity index (χ2n) is 30.2. The first-order chi connectivity index (χ1) is 67.5. The molecule has 0 unspecified atom stereocenters. The van der Waals surface area contributed by atoms with E-state index >= 15 is 0 Å². The van der Waals surface area contributed by atoms with Gasteiger partial charge in [0.1, 0.15) is 53.4 Å². The highest BCUT2D eigenvalue weighted by molar-refractivity contribution is 5.81. The van der Waals surface area contributed by atoms with Crippen LogP contribution in [0.5, 0.6) is 11.5 Å². The molecule has 0 fully saturated rings. The zero-order valence-corrected chi connectivity index (χ0v) is 74.6. The third-order valence-corrected chi connectivity index (χ3v) is 21.1. The summed E-state index contributed by atoms with van der Waals surface area (Å²) in [6.07, 6.45) is 56.6. The zero-order valence-electron chi connectivity index (χ0n) is 74.6. The van der Waals surface area contributed by atoms with Gasteiger partial charge in [-0.15, -0.1) is 0 Å². The minimum atomic E-state index is 0.699. The van der Waals surface area contributed by atoms with Gasteiger partial charge in [-0.25, -0.2) is 54.8 Å². The molecule has 0 aliphatic carbocycles. The Labute approximate surface area is 786 Å². The molecule has 28 nitrogen and oxygen atoms in total. The summed E-state index contributed by atoms with van der Waals surface area (Å²) in [5.74, 6) is 2.14. The molecular formula is C108H97N25O3. The SMILES string of the molecule is c1cc2ccncc2cn1.c1cc2cnccc2cn1.c1cc2cncnc2cn1.c1cc2nccnc2cn1.c1cc2ncncc2cn1.c1ccc2c(c1)CCCN2.c1ccc2c(c1)CCCO2.c1ccc2c(c1)CCN2.c1ccc2c(c1)CCO2.c1ccc2c(c1)CNC2.c1ccc2c(c1)COC2.c1cnc2cncnc2c1.c1cnc2nccnc2c1.c1cnc2ncncc2c1. The predicted octanol–water partition coefficient (Wildman–Crippen LogP) is 19.7. The number of pyridine rings is 10. The molecule has 136 heavy (non-hydrogen) atoms. The molecule has 0 amide bonds. The summed E-state index contributed by atoms with van der Waals surface area (Å²) in [5.41, 5.74) is 21.4. The van der Waals surface area contributed by atoms with Gasteiger partial charge in [-0.3, -0.25) is 54.8 Å². The largest absolute Gasteiger partial charge is 0.493 e. The summed E-state index contributed by atoms with van der Waals surface area (Å²) in [6.45, 7) is 7.70. The highest BCUT2D eigenvalue weighted by atomic mass is 16.5. The average molecular weight is 1790 g/mol. The lowest BCUT2D eigenvalue weighted by molar-refractivity contribution is 0.134. The molecule has 0 atom stereocenters. The van der Waals surface area contributed by atoms with Gasteiger partial charge in [0.2, 0.25) is 0 Å². The lowest BCUT2D eigenvalue weighted by Crippen LogP contribution is -2.10. The molecule has 6 aliphatic heterocycles. The predicted molar refractivity (Wildman–Crippen MR) is 533 cm³/mol. The minimum Gasteiger partial charge on any atom is -0.493 e. The number of rotatable bonds is 0. The first-order valence-electron chi connectivity index (χ1n) is 44.3. The van der Waals surface area contributed by atoms with E-state index in [4.69, 9.17) is 14.2 Å². The van der Waals surface area contributed by atoms with Crippen LogP contribution in [0.2, 0.25) is 0 Å². The Hall–Kier alpha value is -17.5. The van der Waals surface area contributed by atoms with Gasteiger partial charge in [-0.05, 0) is 185 Å². The molecule has 6 aromatic carbocycles. The van der Waals surface area contributed by atoms with Crippen molar-refractivity contribution in [1.29, 1.82) is 0 Å². The third kappa shape index (κ3) is 29.3. The molecule has 0 saturated carbocycles. The van der Waals surface area contributed by atoms with E-state index in [0.717, 1.165) is 154 Å². The molecule has 0 saturated heterocycles. The highest BCUT2D eigenvalue weighted by Gasteiger charge is 2.12. The first-order valence-corrected chi connectivity index (χ1v) is 44.3. The Kier molecular flexibility index (Phi) is 35.9. The van der Waals surface area contributed by atoms with Crippen LogP contribution in [-0.2, 0) is 56.7 Å². The number of nitrogens with zero attached hydrogens (tertiary/aromatic N) is 22. The van der Waals surface area contributed by atoms with E-state index < -0.39 is 0 Å². The van der Waals surface area contributed by atoms with Crippen molar-refractivity contribution in [3.63, 3.8) is 0 Å². The number of aromatic nitrogens is 22. The van der Waals surface area contributed by atoms with Crippen LogP contribution in [0.1, 0.15) is 57.3 Å². The number of hydrogen-bond acceptors (Lipinski definition) is 28. The summed E-state index contributed by atoms with van der Waals surface area (Å²) < 4.78 is 15.9. The Balaban J connectivity index is 0.000000111. The lowest BCUT2D eigenvalue weighted by atomic mass is 10.0. The van der Waals surface area contributed by atoms with Gasteiger partial charge < -0.3 is 30.2 Å². The van der Waals surface area contributed by atoms with Gasteiger partial charge in [0.25, 0.3) is 0 Å². The fraction of sp³-hybridized carbons (Fsp3) is 0.130. The minimum absolute atomic E-state index is 0.699. The molecule has 3 N–H and O–H groups in total. The summed E-state index contributed by atoms with van der Waals surface area (Å²) in [6, 6.07) is 75.0. The van der Waals surface area contributed by atoms with Crippen LogP contribution in [0, 0.1) is 0 Å². The molecule has 672 valence electrons. The standard InChI is InChI=1S/C9H11N.C9H10O.2C8H6N2.2C8H9N.2C8H8O.6C7H5N3/c2*1-2-6-9-8(4-1)5-3-7-10-9;1-3-9-6-8-2-4-10-5-7(1)8;1-3-9-5-8-6-10-4-2-7(1)8;1-2-4-8-6-9-5-7(8)3-1;1-2-4-8-7(3-1)5-6-9-8;1-2-4-8-6-9-5-7(8)3-1;1-2-4-8-7(3-1)5-6-9-8;1-2-8-3-6-4-9-5-10-7(1)6;1-2-8-4-7-6(1)3-9-5-10-7;1-2-8-5-7-6(1)9-3-4-10-7;1-2-6-7(9-3-1)4-8-5-10-6;1-2-6-4-8-5-10-7(6)9-3-1;1-2-6-7(9-3-1)10-5-4-8-6/h1-2,4,6,10H,3,5,7H2;1-2,4,6H,3,5,7H2;2*1-6H;2*1-4,9H,5-6H2;2*1-4H,5-6H2;6*1-5H. The van der Waals surface area contributed by atoms with Crippen molar-refractivity contribution < 1.29 is 14.2 Å². The Morgan fingerprint density at radius 1 is 0.213 bits per heavy atom. The Bertz CT molecular complexity index is 5640. The summed E-state index contributed by atoms with van der Waals surface area (Å²) in [4.78, 5) is 87.4. The smallest absolute Gasteiger partial charge is 0.178 e. The van der Waals surface area contributed by atoms with Crippen LogP contribution < -0.4 is 25.4 Å². The average Bonchev–Trinajstić information content (AvgIpc) is 1.14. The number of fused-ring (bicyclic) bond motifs is 14. The van der Waals surface area contributed by atoms with E-state index in [-0.39, 0.29) is 0 Å². The fourth-order valence-corrected chi connectivity index (χ4v) is 14.2. The summed E-state index contributed by atoms with van der Waals surface area (Å²) >= 11 is 0. The fourth-order valence-electron chi connectivity index (χ4n) is 14.2. The van der Waals surface area contributed by atoms with Crippen LogP contribution in [0.25, 0.3) is 87.6 Å². The van der Waals surface area contributed by atoms with Crippen molar-refractivity contribution >= 4 is 99.0 Å². The number of ether oxygens (including phenoxy) is 3. The van der Waals surface area contributed by atoms with Crippen molar-refractivity contribution in [2.24, 2.45) is 0 Å². The van der Waals surface area contributed by atoms with Crippen LogP contribution in [-0.4, -0.2) is 136 Å². The maximum Gasteiger partial charge on any atom is 0.178 e. The number of aryl methyl sites for hydroxylation is 2. The van der Waals surface area contributed by atoms with Crippen molar-refractivity contribution in [3.05, 3.63) is 449 Å². The first kappa shape index (κ1) is 93.2. The quantitative estimate of drug-likeness (QED) is 0.127. The summed E-state index contributed by atoms with van der Waals surface area (Å²) in [7, 11) is 0. The maximum absolute atomic E-state index is 5.42. The van der Waals surface area contributed by atoms with Gasteiger partial charge in [0.05, 0.1) is 67.1 Å². The summed E-state index contributed by atoms with van der Waals surface area (Å²) in [5, 5.41) is 17.5. The van der Waals surface area contributed by atoms with Gasteiger partial charge >= 0.3 is 0 Å².